The first-order valence-corrected chi connectivity index (χ1v) is 14.4. The van der Waals surface area contributed by atoms with E-state index >= 15 is 0 Å². The van der Waals surface area contributed by atoms with E-state index in [0.29, 0.717) is 17.7 Å². The first-order chi connectivity index (χ1) is 21.0. The fourth-order valence-corrected chi connectivity index (χ4v) is 5.53. The molecule has 6 nitrogen and oxygen atoms in total. The van der Waals surface area contributed by atoms with E-state index in [1.54, 1.807) is 26.0 Å². The zero-order valence-electron chi connectivity index (χ0n) is 25.4. The molecule has 0 unspecified atom stereocenters. The molecule has 1 aliphatic rings. The highest BCUT2D eigenvalue weighted by Crippen LogP contribution is 2.50. The van der Waals surface area contributed by atoms with Crippen molar-refractivity contribution in [3.05, 3.63) is 131 Å². The van der Waals surface area contributed by atoms with Crippen LogP contribution in [0.2, 0.25) is 0 Å². The maximum atomic E-state index is 12.5. The largest absolute Gasteiger partial charge is 0.462 e. The van der Waals surface area contributed by atoms with E-state index in [9.17, 15) is 14.9 Å². The Balaban J connectivity index is 1.62. The summed E-state index contributed by atoms with van der Waals surface area (Å²) in [5.41, 5.74) is 8.93. The van der Waals surface area contributed by atoms with Crippen molar-refractivity contribution in [3.8, 4) is 22.9 Å². The number of nitrogens with zero attached hydrogens (tertiary/aromatic N) is 2. The molecule has 44 heavy (non-hydrogen) atoms. The molecular formula is C38H34N2O4. The van der Waals surface area contributed by atoms with Crippen molar-refractivity contribution in [3.63, 3.8) is 0 Å². The lowest BCUT2D eigenvalue weighted by molar-refractivity contribution is -0.138. The number of ether oxygens (including phenoxy) is 2. The molecule has 0 saturated heterocycles. The topological polar surface area (TPSA) is 79.6 Å². The van der Waals surface area contributed by atoms with Crippen LogP contribution in [-0.2, 0) is 26.2 Å². The van der Waals surface area contributed by atoms with E-state index in [1.807, 2.05) is 30.3 Å². The maximum Gasteiger partial charge on any atom is 0.338 e. The second kappa shape index (κ2) is 12.1. The van der Waals surface area contributed by atoms with Crippen molar-refractivity contribution < 1.29 is 19.1 Å². The highest BCUT2D eigenvalue weighted by Gasteiger charge is 2.35. The van der Waals surface area contributed by atoms with Gasteiger partial charge < -0.3 is 14.4 Å². The minimum Gasteiger partial charge on any atom is -0.462 e. The van der Waals surface area contributed by atoms with E-state index in [2.05, 4.69) is 80.4 Å². The van der Waals surface area contributed by atoms with Gasteiger partial charge in [0, 0.05) is 46.1 Å². The SMILES string of the molecule is C=C(C)C(=O)OCCc1cccc(N(c2ccc(C#N)c(OC(=O)C(=C)C)c2)c2ccc3c(c2)C(C)(C)c2ccccc2-3)c1. The minimum atomic E-state index is -0.603. The molecule has 220 valence electrons. The highest BCUT2D eigenvalue weighted by atomic mass is 16.5. The zero-order valence-corrected chi connectivity index (χ0v) is 25.4. The van der Waals surface area contributed by atoms with Gasteiger partial charge in [0.1, 0.15) is 6.07 Å². The lowest BCUT2D eigenvalue weighted by Gasteiger charge is -2.29. The van der Waals surface area contributed by atoms with Crippen LogP contribution < -0.4 is 9.64 Å². The Morgan fingerprint density at radius 2 is 1.45 bits per heavy atom. The molecule has 0 heterocycles. The Bertz CT molecular complexity index is 1860. The summed E-state index contributed by atoms with van der Waals surface area (Å²) in [5.74, 6) is -0.868. The number of carbonyl (C=O) groups excluding carboxylic acids is 2. The van der Waals surface area contributed by atoms with Crippen molar-refractivity contribution >= 4 is 29.0 Å². The lowest BCUT2D eigenvalue weighted by atomic mass is 9.82. The van der Waals surface area contributed by atoms with Gasteiger partial charge in [-0.15, -0.1) is 0 Å². The van der Waals surface area contributed by atoms with Crippen LogP contribution in [0.15, 0.2) is 109 Å². The van der Waals surface area contributed by atoms with Crippen LogP contribution in [0.25, 0.3) is 11.1 Å². The summed E-state index contributed by atoms with van der Waals surface area (Å²) in [5, 5.41) is 9.76. The van der Waals surface area contributed by atoms with Crippen LogP contribution in [0.5, 0.6) is 5.75 Å². The van der Waals surface area contributed by atoms with E-state index in [1.165, 1.54) is 22.3 Å². The number of nitriles is 1. The minimum absolute atomic E-state index is 0.153. The predicted molar refractivity (Wildman–Crippen MR) is 173 cm³/mol. The van der Waals surface area contributed by atoms with Gasteiger partial charge in [0.2, 0.25) is 0 Å². The van der Waals surface area contributed by atoms with Gasteiger partial charge >= 0.3 is 11.9 Å². The Morgan fingerprint density at radius 3 is 2.18 bits per heavy atom. The third-order valence-corrected chi connectivity index (χ3v) is 7.86. The molecule has 4 aromatic carbocycles. The standard InChI is InChI=1S/C38H34N2O4/c1-24(2)36(41)43-19-18-26-10-9-11-28(20-26)40(30-15-14-27(23-39)35(22-30)44-37(42)25(3)4)29-16-17-32-31-12-7-8-13-33(31)38(5,6)34(32)21-29/h7-17,20-22H,1,3,18-19H2,2,4-6H3. The van der Waals surface area contributed by atoms with Crippen LogP contribution >= 0.6 is 0 Å². The van der Waals surface area contributed by atoms with Gasteiger partial charge in [0.25, 0.3) is 0 Å². The molecule has 0 atom stereocenters. The molecule has 1 aliphatic carbocycles. The van der Waals surface area contributed by atoms with Crippen LogP contribution in [-0.4, -0.2) is 18.5 Å². The van der Waals surface area contributed by atoms with Crippen LogP contribution in [0, 0.1) is 11.3 Å². The van der Waals surface area contributed by atoms with Gasteiger partial charge in [-0.2, -0.15) is 5.26 Å². The molecule has 5 rings (SSSR count). The van der Waals surface area contributed by atoms with Gasteiger partial charge in [0.05, 0.1) is 12.2 Å². The average Bonchev–Trinajstić information content (AvgIpc) is 3.23. The molecule has 0 saturated carbocycles. The average molecular weight is 583 g/mol. The van der Waals surface area contributed by atoms with E-state index < -0.39 is 11.9 Å². The van der Waals surface area contributed by atoms with Gasteiger partial charge in [-0.25, -0.2) is 9.59 Å². The maximum absolute atomic E-state index is 12.5. The molecule has 0 amide bonds. The second-order valence-corrected chi connectivity index (χ2v) is 11.5. The van der Waals surface area contributed by atoms with Crippen LogP contribution in [0.1, 0.15) is 49.9 Å². The number of rotatable bonds is 9. The zero-order chi connectivity index (χ0) is 31.6. The quantitative estimate of drug-likeness (QED) is 0.112. The van der Waals surface area contributed by atoms with E-state index in [-0.39, 0.29) is 28.9 Å². The molecule has 4 aromatic rings. The molecule has 0 aliphatic heterocycles. The Morgan fingerprint density at radius 1 is 0.795 bits per heavy atom. The highest BCUT2D eigenvalue weighted by molar-refractivity contribution is 5.90. The van der Waals surface area contributed by atoms with Crippen molar-refractivity contribution in [1.82, 2.24) is 0 Å². The Kier molecular flexibility index (Phi) is 8.24. The summed E-state index contributed by atoms with van der Waals surface area (Å²) in [6.45, 7) is 15.2. The number of esters is 2. The first kappa shape index (κ1) is 30.1. The number of benzene rings is 4. The third-order valence-electron chi connectivity index (χ3n) is 7.86. The molecule has 0 spiro atoms. The number of hydrogen-bond acceptors (Lipinski definition) is 6. The van der Waals surface area contributed by atoms with Crippen molar-refractivity contribution in [2.24, 2.45) is 0 Å². The summed E-state index contributed by atoms with van der Waals surface area (Å²) < 4.78 is 10.9. The second-order valence-electron chi connectivity index (χ2n) is 11.5. The molecular weight excluding hydrogens is 548 g/mol. The van der Waals surface area contributed by atoms with E-state index in [0.717, 1.165) is 16.9 Å². The van der Waals surface area contributed by atoms with Gasteiger partial charge in [-0.3, -0.25) is 0 Å². The van der Waals surface area contributed by atoms with Gasteiger partial charge in [-0.05, 0) is 78.1 Å². The summed E-state index contributed by atoms with van der Waals surface area (Å²) in [6.07, 6.45) is 0.516. The molecule has 0 aromatic heterocycles. The van der Waals surface area contributed by atoms with Crippen molar-refractivity contribution in [2.75, 3.05) is 11.5 Å². The van der Waals surface area contributed by atoms with Crippen LogP contribution in [0.3, 0.4) is 0 Å². The van der Waals surface area contributed by atoms with Crippen molar-refractivity contribution in [2.45, 2.75) is 39.5 Å². The number of anilines is 3. The monoisotopic (exact) mass is 582 g/mol. The van der Waals surface area contributed by atoms with Gasteiger partial charge in [-0.1, -0.05) is 69.5 Å². The molecule has 0 radical (unpaired) electrons. The summed E-state index contributed by atoms with van der Waals surface area (Å²) in [7, 11) is 0. The Hall–Kier alpha value is -5.41. The smallest absolute Gasteiger partial charge is 0.338 e. The van der Waals surface area contributed by atoms with E-state index in [4.69, 9.17) is 9.47 Å². The lowest BCUT2D eigenvalue weighted by Crippen LogP contribution is -2.17. The molecule has 0 bridgehead atoms. The van der Waals surface area contributed by atoms with Crippen LogP contribution in [0.4, 0.5) is 17.1 Å². The number of hydrogen-bond donors (Lipinski definition) is 0. The summed E-state index contributed by atoms with van der Waals surface area (Å²) in [6, 6.07) is 30.2. The normalized spacial score (nSPS) is 12.3. The molecule has 0 fully saturated rings. The molecule has 6 heteroatoms. The Labute approximate surface area is 258 Å². The number of fused-ring (bicyclic) bond motifs is 3. The predicted octanol–water partition coefficient (Wildman–Crippen LogP) is 8.48. The summed E-state index contributed by atoms with van der Waals surface area (Å²) >= 11 is 0. The first-order valence-electron chi connectivity index (χ1n) is 14.4. The fourth-order valence-electron chi connectivity index (χ4n) is 5.53. The fraction of sp³-hybridized carbons (Fsp3) is 0.184. The number of carbonyl (C=O) groups is 2. The third kappa shape index (κ3) is 5.77. The summed E-state index contributed by atoms with van der Waals surface area (Å²) in [4.78, 5) is 26.4. The van der Waals surface area contributed by atoms with Crippen molar-refractivity contribution in [1.29, 1.82) is 5.26 Å². The van der Waals surface area contributed by atoms with Gasteiger partial charge in [0.15, 0.2) is 5.75 Å². The molecule has 0 N–H and O–H groups in total.